The number of hydrogen-bond donors (Lipinski definition) is 1. The maximum Gasteiger partial charge on any atom is 0.310 e. The Bertz CT molecular complexity index is 363. The van der Waals surface area contributed by atoms with E-state index in [1.807, 2.05) is 0 Å². The summed E-state index contributed by atoms with van der Waals surface area (Å²) in [4.78, 5) is 11.0. The Morgan fingerprint density at radius 1 is 1.57 bits per heavy atom. The van der Waals surface area contributed by atoms with Crippen LogP contribution in [0.5, 0.6) is 0 Å². The molecule has 4 heteroatoms. The SMILES string of the molecule is COC(=O)Cc1c(F)ccc(C)c1N. The van der Waals surface area contributed by atoms with Gasteiger partial charge in [-0.1, -0.05) is 6.07 Å². The van der Waals surface area contributed by atoms with Gasteiger partial charge in [-0.15, -0.1) is 0 Å². The first kappa shape index (κ1) is 10.5. The van der Waals surface area contributed by atoms with Crippen LogP contribution in [-0.2, 0) is 16.0 Å². The zero-order valence-electron chi connectivity index (χ0n) is 8.13. The summed E-state index contributed by atoms with van der Waals surface area (Å²) in [5.41, 5.74) is 6.91. The van der Waals surface area contributed by atoms with Gasteiger partial charge in [0.15, 0.2) is 0 Å². The molecule has 0 bridgehead atoms. The summed E-state index contributed by atoms with van der Waals surface area (Å²) in [5, 5.41) is 0. The summed E-state index contributed by atoms with van der Waals surface area (Å²) in [6.07, 6.45) is -0.129. The van der Waals surface area contributed by atoms with E-state index < -0.39 is 11.8 Å². The summed E-state index contributed by atoms with van der Waals surface area (Å²) in [7, 11) is 1.26. The highest BCUT2D eigenvalue weighted by molar-refractivity contribution is 5.75. The first-order valence-corrected chi connectivity index (χ1v) is 4.16. The second-order valence-electron chi connectivity index (χ2n) is 3.01. The van der Waals surface area contributed by atoms with Crippen LogP contribution in [-0.4, -0.2) is 13.1 Å². The van der Waals surface area contributed by atoms with Crippen molar-refractivity contribution >= 4 is 11.7 Å². The fraction of sp³-hybridized carbons (Fsp3) is 0.300. The average molecular weight is 197 g/mol. The predicted octanol–water partition coefficient (Wildman–Crippen LogP) is 1.43. The molecular formula is C10H12FNO2. The molecule has 0 aliphatic rings. The van der Waals surface area contributed by atoms with Crippen molar-refractivity contribution in [3.63, 3.8) is 0 Å². The molecule has 0 spiro atoms. The van der Waals surface area contributed by atoms with Crippen molar-refractivity contribution in [1.29, 1.82) is 0 Å². The third kappa shape index (κ3) is 2.02. The lowest BCUT2D eigenvalue weighted by atomic mass is 10.1. The van der Waals surface area contributed by atoms with E-state index in [4.69, 9.17) is 5.73 Å². The van der Waals surface area contributed by atoms with Crippen molar-refractivity contribution in [2.45, 2.75) is 13.3 Å². The van der Waals surface area contributed by atoms with Crippen LogP contribution in [0.4, 0.5) is 10.1 Å². The van der Waals surface area contributed by atoms with E-state index >= 15 is 0 Å². The van der Waals surface area contributed by atoms with Crippen LogP contribution in [0.15, 0.2) is 12.1 Å². The molecule has 2 N–H and O–H groups in total. The van der Waals surface area contributed by atoms with E-state index in [2.05, 4.69) is 4.74 Å². The summed E-state index contributed by atoms with van der Waals surface area (Å²) in [5.74, 6) is -0.972. The van der Waals surface area contributed by atoms with Gasteiger partial charge in [0.1, 0.15) is 5.82 Å². The monoisotopic (exact) mass is 197 g/mol. The van der Waals surface area contributed by atoms with Gasteiger partial charge in [-0.3, -0.25) is 4.79 Å². The number of esters is 1. The van der Waals surface area contributed by atoms with E-state index in [-0.39, 0.29) is 12.0 Å². The third-order valence-corrected chi connectivity index (χ3v) is 2.07. The van der Waals surface area contributed by atoms with Crippen LogP contribution in [0.2, 0.25) is 0 Å². The van der Waals surface area contributed by atoms with Crippen LogP contribution in [0.3, 0.4) is 0 Å². The fourth-order valence-corrected chi connectivity index (χ4v) is 1.15. The first-order valence-electron chi connectivity index (χ1n) is 4.16. The van der Waals surface area contributed by atoms with Gasteiger partial charge in [-0.05, 0) is 18.6 Å². The molecule has 0 aliphatic carbocycles. The lowest BCUT2D eigenvalue weighted by molar-refractivity contribution is -0.139. The molecular weight excluding hydrogens is 185 g/mol. The lowest BCUT2D eigenvalue weighted by Gasteiger charge is -2.08. The van der Waals surface area contributed by atoms with Crippen LogP contribution in [0.1, 0.15) is 11.1 Å². The van der Waals surface area contributed by atoms with Gasteiger partial charge in [0.25, 0.3) is 0 Å². The smallest absolute Gasteiger partial charge is 0.310 e. The zero-order chi connectivity index (χ0) is 10.7. The normalized spacial score (nSPS) is 9.93. The molecule has 0 unspecified atom stereocenters. The Kier molecular flexibility index (Phi) is 3.06. The van der Waals surface area contributed by atoms with Gasteiger partial charge in [-0.25, -0.2) is 4.39 Å². The standard InChI is InChI=1S/C10H12FNO2/c1-6-3-4-8(11)7(10(6)12)5-9(13)14-2/h3-4H,5,12H2,1-2H3. The number of carbonyl (C=O) groups is 1. The highest BCUT2D eigenvalue weighted by Gasteiger charge is 2.12. The number of ether oxygens (including phenoxy) is 1. The Hall–Kier alpha value is -1.58. The molecule has 1 aromatic carbocycles. The molecule has 1 rings (SSSR count). The molecule has 0 amide bonds. The van der Waals surface area contributed by atoms with Crippen LogP contribution in [0, 0.1) is 12.7 Å². The van der Waals surface area contributed by atoms with Crippen molar-refractivity contribution < 1.29 is 13.9 Å². The molecule has 1 aromatic rings. The minimum absolute atomic E-state index is 0.129. The Morgan fingerprint density at radius 3 is 2.79 bits per heavy atom. The van der Waals surface area contributed by atoms with E-state index in [0.29, 0.717) is 5.69 Å². The van der Waals surface area contributed by atoms with Gasteiger partial charge < -0.3 is 10.5 Å². The maximum atomic E-state index is 13.2. The highest BCUT2D eigenvalue weighted by atomic mass is 19.1. The summed E-state index contributed by atoms with van der Waals surface area (Å²) in [6.45, 7) is 1.76. The number of benzene rings is 1. The Morgan fingerprint density at radius 2 is 2.21 bits per heavy atom. The average Bonchev–Trinajstić information content (AvgIpc) is 2.18. The molecule has 0 fully saturated rings. The number of carbonyl (C=O) groups excluding carboxylic acids is 1. The molecule has 0 aliphatic heterocycles. The Labute approximate surface area is 81.7 Å². The zero-order valence-corrected chi connectivity index (χ0v) is 8.13. The first-order chi connectivity index (χ1) is 6.56. The summed E-state index contributed by atoms with van der Waals surface area (Å²) < 4.78 is 17.7. The number of nitrogen functional groups attached to an aromatic ring is 1. The van der Waals surface area contributed by atoms with Crippen LogP contribution >= 0.6 is 0 Å². The quantitative estimate of drug-likeness (QED) is 0.576. The van der Waals surface area contributed by atoms with Gasteiger partial charge in [0, 0.05) is 11.3 Å². The second-order valence-corrected chi connectivity index (χ2v) is 3.01. The van der Waals surface area contributed by atoms with E-state index in [1.165, 1.54) is 13.2 Å². The summed E-state index contributed by atoms with van der Waals surface area (Å²) >= 11 is 0. The number of methoxy groups -OCH3 is 1. The van der Waals surface area contributed by atoms with Crippen molar-refractivity contribution in [2.24, 2.45) is 0 Å². The number of anilines is 1. The van der Waals surface area contributed by atoms with Crippen molar-refractivity contribution in [1.82, 2.24) is 0 Å². The third-order valence-electron chi connectivity index (χ3n) is 2.07. The van der Waals surface area contributed by atoms with Crippen molar-refractivity contribution in [3.8, 4) is 0 Å². The van der Waals surface area contributed by atoms with E-state index in [1.54, 1.807) is 13.0 Å². The Balaban J connectivity index is 3.06. The summed E-state index contributed by atoms with van der Waals surface area (Å²) in [6, 6.07) is 2.87. The number of nitrogens with two attached hydrogens (primary N) is 1. The minimum atomic E-state index is -0.499. The van der Waals surface area contributed by atoms with E-state index in [9.17, 15) is 9.18 Å². The molecule has 0 aromatic heterocycles. The van der Waals surface area contributed by atoms with Crippen LogP contribution in [0.25, 0.3) is 0 Å². The maximum absolute atomic E-state index is 13.2. The highest BCUT2D eigenvalue weighted by Crippen LogP contribution is 2.20. The van der Waals surface area contributed by atoms with Crippen molar-refractivity contribution in [2.75, 3.05) is 12.8 Å². The molecule has 14 heavy (non-hydrogen) atoms. The van der Waals surface area contributed by atoms with E-state index in [0.717, 1.165) is 5.56 Å². The molecule has 0 atom stereocenters. The number of hydrogen-bond acceptors (Lipinski definition) is 3. The van der Waals surface area contributed by atoms with Crippen LogP contribution < -0.4 is 5.73 Å². The van der Waals surface area contributed by atoms with Crippen molar-refractivity contribution in [3.05, 3.63) is 29.1 Å². The largest absolute Gasteiger partial charge is 0.469 e. The molecule has 0 saturated carbocycles. The number of rotatable bonds is 2. The lowest BCUT2D eigenvalue weighted by Crippen LogP contribution is -2.09. The van der Waals surface area contributed by atoms with Gasteiger partial charge >= 0.3 is 5.97 Å². The fourth-order valence-electron chi connectivity index (χ4n) is 1.15. The van der Waals surface area contributed by atoms with Gasteiger partial charge in [0.05, 0.1) is 13.5 Å². The molecule has 0 radical (unpaired) electrons. The molecule has 0 saturated heterocycles. The van der Waals surface area contributed by atoms with Gasteiger partial charge in [-0.2, -0.15) is 0 Å². The second kappa shape index (κ2) is 4.09. The number of halogens is 1. The minimum Gasteiger partial charge on any atom is -0.469 e. The topological polar surface area (TPSA) is 52.3 Å². The van der Waals surface area contributed by atoms with Gasteiger partial charge in [0.2, 0.25) is 0 Å². The molecule has 3 nitrogen and oxygen atoms in total. The molecule has 0 heterocycles. The molecule has 76 valence electrons. The number of aryl methyl sites for hydroxylation is 1. The predicted molar refractivity (Wildman–Crippen MR) is 51.3 cm³/mol.